The maximum Gasteiger partial charge on any atom is 0.0122 e. The molecule has 0 radical (unpaired) electrons. The minimum absolute atomic E-state index is 0.900. The summed E-state index contributed by atoms with van der Waals surface area (Å²) in [6.45, 7) is 7.58. The summed E-state index contributed by atoms with van der Waals surface area (Å²) in [7, 11) is 2.24. The highest BCUT2D eigenvalue weighted by atomic mass is 15.3. The fourth-order valence-corrected chi connectivity index (χ4v) is 2.99. The molecular formula is C12H24N2. The van der Waals surface area contributed by atoms with E-state index in [1.807, 2.05) is 0 Å². The highest BCUT2D eigenvalue weighted by Crippen LogP contribution is 2.28. The molecule has 0 bridgehead atoms. The fraction of sp³-hybridized carbons (Fsp3) is 1.00. The SMILES string of the molecule is C[C@@H]1CCCC[C@@H]1N1CCN(C)CC1. The zero-order valence-corrected chi connectivity index (χ0v) is 9.71. The van der Waals surface area contributed by atoms with Crippen molar-refractivity contribution in [3.05, 3.63) is 0 Å². The van der Waals surface area contributed by atoms with E-state index in [-0.39, 0.29) is 0 Å². The zero-order valence-electron chi connectivity index (χ0n) is 9.71. The van der Waals surface area contributed by atoms with Gasteiger partial charge in [0.15, 0.2) is 0 Å². The largest absolute Gasteiger partial charge is 0.304 e. The van der Waals surface area contributed by atoms with Gasteiger partial charge in [-0.3, -0.25) is 4.90 Å². The van der Waals surface area contributed by atoms with E-state index < -0.39 is 0 Å². The molecule has 0 aromatic carbocycles. The van der Waals surface area contributed by atoms with Gasteiger partial charge in [0.2, 0.25) is 0 Å². The average molecular weight is 196 g/mol. The Morgan fingerprint density at radius 3 is 2.21 bits per heavy atom. The van der Waals surface area contributed by atoms with Crippen molar-refractivity contribution in [2.24, 2.45) is 5.92 Å². The summed E-state index contributed by atoms with van der Waals surface area (Å²) in [5, 5.41) is 0. The van der Waals surface area contributed by atoms with E-state index >= 15 is 0 Å². The van der Waals surface area contributed by atoms with Crippen molar-refractivity contribution in [2.75, 3.05) is 33.2 Å². The van der Waals surface area contributed by atoms with Crippen LogP contribution in [0, 0.1) is 5.92 Å². The third kappa shape index (κ3) is 2.29. The molecule has 1 aliphatic heterocycles. The van der Waals surface area contributed by atoms with Crippen molar-refractivity contribution in [3.63, 3.8) is 0 Å². The zero-order chi connectivity index (χ0) is 9.97. The van der Waals surface area contributed by atoms with Crippen LogP contribution in [0.25, 0.3) is 0 Å². The maximum absolute atomic E-state index is 2.74. The summed E-state index contributed by atoms with van der Waals surface area (Å²) >= 11 is 0. The standard InChI is InChI=1S/C12H24N2/c1-11-5-3-4-6-12(11)14-9-7-13(2)8-10-14/h11-12H,3-10H2,1-2H3/t11-,12+/m1/s1. The van der Waals surface area contributed by atoms with E-state index in [1.54, 1.807) is 0 Å². The van der Waals surface area contributed by atoms with Gasteiger partial charge in [-0.25, -0.2) is 0 Å². The molecule has 1 heterocycles. The summed E-state index contributed by atoms with van der Waals surface area (Å²) in [6, 6.07) is 0.900. The monoisotopic (exact) mass is 196 g/mol. The van der Waals surface area contributed by atoms with Crippen molar-refractivity contribution in [1.29, 1.82) is 0 Å². The van der Waals surface area contributed by atoms with Gasteiger partial charge < -0.3 is 4.90 Å². The molecule has 0 aromatic heterocycles. The molecule has 2 heteroatoms. The fourth-order valence-electron chi connectivity index (χ4n) is 2.99. The van der Waals surface area contributed by atoms with Crippen LogP contribution >= 0.6 is 0 Å². The summed E-state index contributed by atoms with van der Waals surface area (Å²) < 4.78 is 0. The lowest BCUT2D eigenvalue weighted by atomic mass is 9.84. The molecule has 1 aliphatic carbocycles. The molecule has 2 atom stereocenters. The Kier molecular flexibility index (Phi) is 3.45. The minimum Gasteiger partial charge on any atom is -0.304 e. The smallest absolute Gasteiger partial charge is 0.0122 e. The first-order chi connectivity index (χ1) is 6.77. The summed E-state index contributed by atoms with van der Waals surface area (Å²) in [6.07, 6.45) is 5.83. The van der Waals surface area contributed by atoms with E-state index in [2.05, 4.69) is 23.8 Å². The van der Waals surface area contributed by atoms with E-state index in [4.69, 9.17) is 0 Å². The Hall–Kier alpha value is -0.0800. The Morgan fingerprint density at radius 1 is 0.929 bits per heavy atom. The average Bonchev–Trinajstić information content (AvgIpc) is 2.20. The Bertz CT molecular complexity index is 173. The van der Waals surface area contributed by atoms with Crippen molar-refractivity contribution in [1.82, 2.24) is 9.80 Å². The van der Waals surface area contributed by atoms with Gasteiger partial charge in [0.05, 0.1) is 0 Å². The lowest BCUT2D eigenvalue weighted by Gasteiger charge is -2.42. The second-order valence-electron chi connectivity index (χ2n) is 5.17. The lowest BCUT2D eigenvalue weighted by Crippen LogP contribution is -2.51. The molecular weight excluding hydrogens is 172 g/mol. The summed E-state index contributed by atoms with van der Waals surface area (Å²) in [5.74, 6) is 0.937. The van der Waals surface area contributed by atoms with Crippen LogP contribution in [0.5, 0.6) is 0 Å². The lowest BCUT2D eigenvalue weighted by molar-refractivity contribution is 0.0637. The number of hydrogen-bond acceptors (Lipinski definition) is 2. The predicted octanol–water partition coefficient (Wildman–Crippen LogP) is 1.81. The molecule has 0 unspecified atom stereocenters. The van der Waals surface area contributed by atoms with Gasteiger partial charge in [-0.05, 0) is 25.8 Å². The third-order valence-corrected chi connectivity index (χ3v) is 4.07. The molecule has 2 fully saturated rings. The van der Waals surface area contributed by atoms with Crippen molar-refractivity contribution >= 4 is 0 Å². The van der Waals surface area contributed by atoms with E-state index in [9.17, 15) is 0 Å². The van der Waals surface area contributed by atoms with Crippen LogP contribution in [0.3, 0.4) is 0 Å². The highest BCUT2D eigenvalue weighted by Gasteiger charge is 2.28. The van der Waals surface area contributed by atoms with Crippen LogP contribution in [0.4, 0.5) is 0 Å². The first kappa shape index (κ1) is 10.4. The summed E-state index contributed by atoms with van der Waals surface area (Å²) in [5.41, 5.74) is 0. The van der Waals surface area contributed by atoms with Gasteiger partial charge in [-0.2, -0.15) is 0 Å². The van der Waals surface area contributed by atoms with Crippen molar-refractivity contribution < 1.29 is 0 Å². The van der Waals surface area contributed by atoms with Crippen LogP contribution < -0.4 is 0 Å². The van der Waals surface area contributed by atoms with Crippen molar-refractivity contribution in [2.45, 2.75) is 38.6 Å². The number of rotatable bonds is 1. The normalized spacial score (nSPS) is 37.3. The number of nitrogens with zero attached hydrogens (tertiary/aromatic N) is 2. The first-order valence-electron chi connectivity index (χ1n) is 6.20. The van der Waals surface area contributed by atoms with Gasteiger partial charge in [0, 0.05) is 32.2 Å². The summed E-state index contributed by atoms with van der Waals surface area (Å²) in [4.78, 5) is 5.19. The minimum atomic E-state index is 0.900. The molecule has 1 saturated heterocycles. The van der Waals surface area contributed by atoms with Gasteiger partial charge in [-0.15, -0.1) is 0 Å². The molecule has 0 N–H and O–H groups in total. The highest BCUT2D eigenvalue weighted by molar-refractivity contribution is 4.83. The van der Waals surface area contributed by atoms with Crippen LogP contribution in [-0.2, 0) is 0 Å². The Labute approximate surface area is 88.3 Å². The van der Waals surface area contributed by atoms with Crippen LogP contribution in [0.1, 0.15) is 32.6 Å². The van der Waals surface area contributed by atoms with Gasteiger partial charge in [-0.1, -0.05) is 19.8 Å². The van der Waals surface area contributed by atoms with Gasteiger partial charge >= 0.3 is 0 Å². The molecule has 0 amide bonds. The van der Waals surface area contributed by atoms with Gasteiger partial charge in [0.1, 0.15) is 0 Å². The second kappa shape index (κ2) is 4.63. The third-order valence-electron chi connectivity index (χ3n) is 4.07. The molecule has 1 saturated carbocycles. The number of likely N-dealkylation sites (N-methyl/N-ethyl adjacent to an activating group) is 1. The molecule has 2 rings (SSSR count). The van der Waals surface area contributed by atoms with E-state index in [1.165, 1.54) is 51.9 Å². The van der Waals surface area contributed by atoms with E-state index in [0.717, 1.165) is 12.0 Å². The Morgan fingerprint density at radius 2 is 1.57 bits per heavy atom. The van der Waals surface area contributed by atoms with Gasteiger partial charge in [0.25, 0.3) is 0 Å². The molecule has 14 heavy (non-hydrogen) atoms. The van der Waals surface area contributed by atoms with Crippen LogP contribution in [0.15, 0.2) is 0 Å². The van der Waals surface area contributed by atoms with Crippen molar-refractivity contribution in [3.8, 4) is 0 Å². The molecule has 2 nitrogen and oxygen atoms in total. The first-order valence-corrected chi connectivity index (χ1v) is 6.20. The van der Waals surface area contributed by atoms with Crippen LogP contribution in [-0.4, -0.2) is 49.1 Å². The van der Waals surface area contributed by atoms with E-state index in [0.29, 0.717) is 0 Å². The molecule has 0 spiro atoms. The predicted molar refractivity (Wildman–Crippen MR) is 60.5 cm³/mol. The maximum atomic E-state index is 2.74. The topological polar surface area (TPSA) is 6.48 Å². The van der Waals surface area contributed by atoms with Crippen LogP contribution in [0.2, 0.25) is 0 Å². The molecule has 0 aromatic rings. The molecule has 2 aliphatic rings. The quantitative estimate of drug-likeness (QED) is 0.631. The second-order valence-corrected chi connectivity index (χ2v) is 5.17. The number of piperazine rings is 1. The Balaban J connectivity index is 1.87. The number of hydrogen-bond donors (Lipinski definition) is 0. The molecule has 82 valence electrons.